The van der Waals surface area contributed by atoms with Crippen molar-refractivity contribution in [1.29, 1.82) is 0 Å². The van der Waals surface area contributed by atoms with E-state index in [9.17, 15) is 28.5 Å². The van der Waals surface area contributed by atoms with Crippen LogP contribution in [0.25, 0.3) is 16.9 Å². The first-order valence-corrected chi connectivity index (χ1v) is 9.60. The highest BCUT2D eigenvalue weighted by molar-refractivity contribution is 5.72. The Morgan fingerprint density at radius 3 is 2.50 bits per heavy atom. The molecule has 0 saturated carbocycles. The first-order valence-electron chi connectivity index (χ1n) is 9.60. The van der Waals surface area contributed by atoms with E-state index in [0.29, 0.717) is 5.56 Å². The summed E-state index contributed by atoms with van der Waals surface area (Å²) in [7, 11) is 0. The molecular weight excluding hydrogens is 424 g/mol. The zero-order valence-electron chi connectivity index (χ0n) is 17.0. The van der Waals surface area contributed by atoms with Gasteiger partial charge in [0, 0.05) is 30.8 Å². The topological polar surface area (TPSA) is 105 Å². The third kappa shape index (κ3) is 3.47. The molecule has 0 atom stereocenters. The SMILES string of the molecule is CC(C)n1c(=O)c2c(ncn2Cc2cccc([N+](=O)[O-])c2)n(-c2ccc(F)c(F)c2)c1=O. The van der Waals surface area contributed by atoms with Crippen molar-refractivity contribution in [2.24, 2.45) is 0 Å². The smallest absolute Gasteiger partial charge is 0.320 e. The van der Waals surface area contributed by atoms with Crippen LogP contribution in [0.1, 0.15) is 25.5 Å². The number of nitro benzene ring substituents is 1. The van der Waals surface area contributed by atoms with E-state index in [1.807, 2.05) is 0 Å². The van der Waals surface area contributed by atoms with Crippen molar-refractivity contribution in [2.45, 2.75) is 26.4 Å². The molecule has 0 bridgehead atoms. The Kier molecular flexibility index (Phi) is 5.17. The minimum atomic E-state index is -1.15. The van der Waals surface area contributed by atoms with Gasteiger partial charge in [0.05, 0.1) is 16.9 Å². The van der Waals surface area contributed by atoms with Crippen molar-refractivity contribution in [2.75, 3.05) is 0 Å². The van der Waals surface area contributed by atoms with Gasteiger partial charge in [-0.1, -0.05) is 12.1 Å². The van der Waals surface area contributed by atoms with Crippen molar-refractivity contribution in [3.8, 4) is 5.69 Å². The molecule has 0 saturated heterocycles. The highest BCUT2D eigenvalue weighted by Gasteiger charge is 2.21. The summed E-state index contributed by atoms with van der Waals surface area (Å²) in [5.41, 5.74) is -0.896. The highest BCUT2D eigenvalue weighted by Crippen LogP contribution is 2.19. The van der Waals surface area contributed by atoms with Crippen molar-refractivity contribution in [3.05, 3.63) is 96.9 Å². The van der Waals surface area contributed by atoms with E-state index >= 15 is 0 Å². The molecular formula is C21H17F2N5O4. The number of nitrogens with zero attached hydrogens (tertiary/aromatic N) is 5. The Morgan fingerprint density at radius 2 is 1.84 bits per heavy atom. The average Bonchev–Trinajstić information content (AvgIpc) is 3.14. The summed E-state index contributed by atoms with van der Waals surface area (Å²) in [6.07, 6.45) is 1.32. The van der Waals surface area contributed by atoms with Crippen LogP contribution in [0.2, 0.25) is 0 Å². The molecule has 2 heterocycles. The summed E-state index contributed by atoms with van der Waals surface area (Å²) in [6, 6.07) is 8.33. The summed E-state index contributed by atoms with van der Waals surface area (Å²) in [6.45, 7) is 3.36. The normalized spacial score (nSPS) is 11.4. The van der Waals surface area contributed by atoms with Crippen LogP contribution in [0, 0.1) is 21.7 Å². The number of halogens is 2. The zero-order valence-corrected chi connectivity index (χ0v) is 17.0. The molecule has 0 amide bonds. The Morgan fingerprint density at radius 1 is 1.09 bits per heavy atom. The van der Waals surface area contributed by atoms with E-state index in [0.717, 1.165) is 21.3 Å². The average molecular weight is 441 g/mol. The van der Waals surface area contributed by atoms with Crippen LogP contribution < -0.4 is 11.2 Å². The molecule has 0 aliphatic carbocycles. The van der Waals surface area contributed by atoms with Crippen molar-refractivity contribution < 1.29 is 13.7 Å². The molecule has 0 aliphatic heterocycles. The standard InChI is InChI=1S/C21H17F2N5O4/c1-12(2)26-20(29)18-19(27(21(26)30)14-6-7-16(22)17(23)9-14)24-11-25(18)10-13-4-3-5-15(8-13)28(31)32/h3-9,11-12H,10H2,1-2H3. The molecule has 4 rings (SSSR count). The second-order valence-corrected chi connectivity index (χ2v) is 7.46. The minimum absolute atomic E-state index is 0.00824. The van der Waals surface area contributed by atoms with Gasteiger partial charge in [0.25, 0.3) is 11.2 Å². The summed E-state index contributed by atoms with van der Waals surface area (Å²) >= 11 is 0. The number of non-ortho nitro benzene ring substituents is 1. The Balaban J connectivity index is 1.99. The molecule has 0 unspecified atom stereocenters. The van der Waals surface area contributed by atoms with E-state index in [1.165, 1.54) is 35.2 Å². The molecule has 0 radical (unpaired) electrons. The molecule has 2 aromatic carbocycles. The first-order chi connectivity index (χ1) is 15.2. The largest absolute Gasteiger partial charge is 0.337 e. The van der Waals surface area contributed by atoms with Gasteiger partial charge in [0.15, 0.2) is 22.8 Å². The maximum Gasteiger partial charge on any atom is 0.337 e. The zero-order chi connectivity index (χ0) is 23.2. The Labute approximate surface area is 178 Å². The van der Waals surface area contributed by atoms with E-state index in [-0.39, 0.29) is 29.1 Å². The second kappa shape index (κ2) is 7.84. The quantitative estimate of drug-likeness (QED) is 0.349. The molecule has 32 heavy (non-hydrogen) atoms. The van der Waals surface area contributed by atoms with Crippen LogP contribution >= 0.6 is 0 Å². The van der Waals surface area contributed by atoms with Crippen LogP contribution in [0.3, 0.4) is 0 Å². The number of imidazole rings is 1. The number of benzene rings is 2. The van der Waals surface area contributed by atoms with Gasteiger partial charge in [-0.05, 0) is 31.5 Å². The number of hydrogen-bond donors (Lipinski definition) is 0. The fourth-order valence-corrected chi connectivity index (χ4v) is 3.55. The monoisotopic (exact) mass is 441 g/mol. The van der Waals surface area contributed by atoms with Gasteiger partial charge in [0.2, 0.25) is 0 Å². The van der Waals surface area contributed by atoms with E-state index in [1.54, 1.807) is 19.9 Å². The van der Waals surface area contributed by atoms with E-state index in [4.69, 9.17) is 0 Å². The molecule has 0 N–H and O–H groups in total. The molecule has 0 spiro atoms. The molecule has 11 heteroatoms. The lowest BCUT2D eigenvalue weighted by Gasteiger charge is -2.15. The van der Waals surface area contributed by atoms with Crippen LogP contribution in [-0.2, 0) is 6.54 Å². The van der Waals surface area contributed by atoms with Crippen LogP contribution in [-0.4, -0.2) is 23.6 Å². The van der Waals surface area contributed by atoms with Crippen LogP contribution in [0.5, 0.6) is 0 Å². The third-order valence-corrected chi connectivity index (χ3v) is 5.00. The van der Waals surface area contributed by atoms with Gasteiger partial charge < -0.3 is 4.57 Å². The fourth-order valence-electron chi connectivity index (χ4n) is 3.55. The van der Waals surface area contributed by atoms with Gasteiger partial charge >= 0.3 is 5.69 Å². The van der Waals surface area contributed by atoms with Gasteiger partial charge in [-0.15, -0.1) is 0 Å². The predicted molar refractivity (Wildman–Crippen MR) is 112 cm³/mol. The first kappa shape index (κ1) is 21.1. The number of nitro groups is 1. The Hall–Kier alpha value is -4.15. The Bertz CT molecular complexity index is 1490. The third-order valence-electron chi connectivity index (χ3n) is 5.00. The summed E-state index contributed by atoms with van der Waals surface area (Å²) in [4.78, 5) is 41.0. The summed E-state index contributed by atoms with van der Waals surface area (Å²) in [5.74, 6) is -2.23. The number of rotatable bonds is 5. The summed E-state index contributed by atoms with van der Waals surface area (Å²) in [5, 5.41) is 11.1. The minimum Gasteiger partial charge on any atom is -0.320 e. The lowest BCUT2D eigenvalue weighted by Crippen LogP contribution is -2.41. The maximum absolute atomic E-state index is 13.9. The summed E-state index contributed by atoms with van der Waals surface area (Å²) < 4.78 is 30.8. The second-order valence-electron chi connectivity index (χ2n) is 7.46. The number of hydrogen-bond acceptors (Lipinski definition) is 5. The number of fused-ring (bicyclic) bond motifs is 1. The van der Waals surface area contributed by atoms with Crippen molar-refractivity contribution in [3.63, 3.8) is 0 Å². The number of aromatic nitrogens is 4. The molecule has 0 fully saturated rings. The van der Waals surface area contributed by atoms with Crippen molar-refractivity contribution in [1.82, 2.24) is 18.7 Å². The van der Waals surface area contributed by atoms with Gasteiger partial charge in [-0.3, -0.25) is 19.5 Å². The predicted octanol–water partition coefficient (Wildman–Crippen LogP) is 3.16. The van der Waals surface area contributed by atoms with Gasteiger partial charge in [-0.25, -0.2) is 23.1 Å². The van der Waals surface area contributed by atoms with Gasteiger partial charge in [0.1, 0.15) is 0 Å². The van der Waals surface area contributed by atoms with E-state index < -0.39 is 33.8 Å². The molecule has 4 aromatic rings. The lowest BCUT2D eigenvalue weighted by atomic mass is 10.2. The molecule has 164 valence electrons. The van der Waals surface area contributed by atoms with Crippen molar-refractivity contribution >= 4 is 16.9 Å². The van der Waals surface area contributed by atoms with Crippen LogP contribution in [0.4, 0.5) is 14.5 Å². The molecule has 2 aromatic heterocycles. The lowest BCUT2D eigenvalue weighted by molar-refractivity contribution is -0.384. The molecule has 0 aliphatic rings. The highest BCUT2D eigenvalue weighted by atomic mass is 19.2. The molecule has 9 nitrogen and oxygen atoms in total. The maximum atomic E-state index is 13.9. The van der Waals surface area contributed by atoms with Crippen LogP contribution in [0.15, 0.2) is 58.4 Å². The van der Waals surface area contributed by atoms with Gasteiger partial charge in [-0.2, -0.15) is 0 Å². The van der Waals surface area contributed by atoms with E-state index in [2.05, 4.69) is 4.98 Å². The fraction of sp³-hybridized carbons (Fsp3) is 0.190.